The van der Waals surface area contributed by atoms with E-state index in [1.165, 1.54) is 6.92 Å². The molecule has 5 heteroatoms. The largest absolute Gasteiger partial charge is 0.550 e. The molecule has 2 rings (SSSR count). The van der Waals surface area contributed by atoms with Crippen molar-refractivity contribution in [2.24, 2.45) is 11.8 Å². The fraction of sp³-hybridized carbons (Fsp3) is 0.333. The van der Waals surface area contributed by atoms with Gasteiger partial charge in [0.1, 0.15) is 0 Å². The number of halogens is 1. The molecule has 0 radical (unpaired) electrons. The van der Waals surface area contributed by atoms with E-state index in [1.54, 1.807) is 6.07 Å². The van der Waals surface area contributed by atoms with Gasteiger partial charge >= 0.3 is 0 Å². The fourth-order valence-corrected chi connectivity index (χ4v) is 3.39. The molecule has 0 aromatic heterocycles. The molecule has 0 saturated heterocycles. The minimum atomic E-state index is -1.22. The molecule has 0 heterocycles. The maximum Gasteiger partial charge on any atom is 0.228 e. The standard InChI is InChI=1S/C21H24BrNO3/c1-12-7-13(2)9-16(8-12)10-18(15(4)21(25)26)20(24)23-17-6-5-14(3)19(22)11-17/h5-9,11,15,18H,10H2,1-4H3,(H,23,24)(H,25,26)/p-1/t15-,18-/m1/s1. The topological polar surface area (TPSA) is 69.2 Å². The van der Waals surface area contributed by atoms with Gasteiger partial charge in [-0.1, -0.05) is 58.2 Å². The molecule has 4 nitrogen and oxygen atoms in total. The SMILES string of the molecule is Cc1cc(C)cc(C[C@@H](C(=O)Nc2ccc(C)c(Br)c2)[C@@H](C)C(=O)[O-])c1. The molecule has 0 aliphatic heterocycles. The summed E-state index contributed by atoms with van der Waals surface area (Å²) in [6.45, 7) is 7.44. The Labute approximate surface area is 162 Å². The van der Waals surface area contributed by atoms with Crippen molar-refractivity contribution in [3.63, 3.8) is 0 Å². The highest BCUT2D eigenvalue weighted by molar-refractivity contribution is 9.10. The van der Waals surface area contributed by atoms with Crippen LogP contribution in [0.15, 0.2) is 40.9 Å². The smallest absolute Gasteiger partial charge is 0.228 e. The zero-order valence-electron chi connectivity index (χ0n) is 15.4. The maximum absolute atomic E-state index is 12.8. The Kier molecular flexibility index (Phi) is 6.59. The molecule has 138 valence electrons. The number of carbonyl (C=O) groups is 2. The Morgan fingerprint density at radius 1 is 1.08 bits per heavy atom. The minimum absolute atomic E-state index is 0.323. The molecule has 0 unspecified atom stereocenters. The highest BCUT2D eigenvalue weighted by Gasteiger charge is 2.26. The van der Waals surface area contributed by atoms with E-state index in [4.69, 9.17) is 0 Å². The van der Waals surface area contributed by atoms with Crippen molar-refractivity contribution in [2.45, 2.75) is 34.1 Å². The number of carboxylic acid groups (broad SMARTS) is 1. The molecule has 0 saturated carbocycles. The summed E-state index contributed by atoms with van der Waals surface area (Å²) < 4.78 is 0.883. The van der Waals surface area contributed by atoms with Gasteiger partial charge in [-0.25, -0.2) is 0 Å². The van der Waals surface area contributed by atoms with E-state index < -0.39 is 17.8 Å². The van der Waals surface area contributed by atoms with Gasteiger partial charge in [-0.05, 0) is 50.5 Å². The quantitative estimate of drug-likeness (QED) is 0.782. The van der Waals surface area contributed by atoms with Crippen molar-refractivity contribution >= 4 is 33.5 Å². The van der Waals surface area contributed by atoms with E-state index >= 15 is 0 Å². The minimum Gasteiger partial charge on any atom is -0.550 e. The van der Waals surface area contributed by atoms with Gasteiger partial charge in [0, 0.05) is 22.0 Å². The number of nitrogens with one attached hydrogen (secondary N) is 1. The van der Waals surface area contributed by atoms with Crippen LogP contribution >= 0.6 is 15.9 Å². The van der Waals surface area contributed by atoms with E-state index in [1.807, 2.05) is 51.1 Å². The first kappa shape index (κ1) is 20.2. The molecule has 2 atom stereocenters. The van der Waals surface area contributed by atoms with Gasteiger partial charge in [-0.3, -0.25) is 4.79 Å². The normalized spacial score (nSPS) is 13.1. The molecule has 26 heavy (non-hydrogen) atoms. The maximum atomic E-state index is 12.8. The number of rotatable bonds is 6. The average molecular weight is 417 g/mol. The predicted molar refractivity (Wildman–Crippen MR) is 105 cm³/mol. The molecule has 2 aromatic carbocycles. The Bertz CT molecular complexity index is 812. The zero-order chi connectivity index (χ0) is 19.4. The number of aliphatic carboxylic acids is 1. The Balaban J connectivity index is 2.26. The van der Waals surface area contributed by atoms with Crippen molar-refractivity contribution < 1.29 is 14.7 Å². The van der Waals surface area contributed by atoms with Gasteiger partial charge < -0.3 is 15.2 Å². The summed E-state index contributed by atoms with van der Waals surface area (Å²) in [5.41, 5.74) is 4.80. The first-order chi connectivity index (χ1) is 12.2. The van der Waals surface area contributed by atoms with Crippen molar-refractivity contribution in [3.05, 3.63) is 63.1 Å². The summed E-state index contributed by atoms with van der Waals surface area (Å²) in [7, 11) is 0. The number of hydrogen-bond donors (Lipinski definition) is 1. The molecule has 0 bridgehead atoms. The van der Waals surface area contributed by atoms with Crippen LogP contribution in [-0.4, -0.2) is 11.9 Å². The lowest BCUT2D eigenvalue weighted by Crippen LogP contribution is -2.40. The van der Waals surface area contributed by atoms with Crippen LogP contribution in [0.3, 0.4) is 0 Å². The van der Waals surface area contributed by atoms with Gasteiger partial charge in [0.15, 0.2) is 0 Å². The van der Waals surface area contributed by atoms with Gasteiger partial charge in [0.25, 0.3) is 0 Å². The monoisotopic (exact) mass is 416 g/mol. The number of carbonyl (C=O) groups excluding carboxylic acids is 2. The van der Waals surface area contributed by atoms with E-state index in [0.717, 1.165) is 26.7 Å². The first-order valence-electron chi connectivity index (χ1n) is 8.52. The summed E-state index contributed by atoms with van der Waals surface area (Å²) >= 11 is 3.44. The number of carboxylic acids is 1. The van der Waals surface area contributed by atoms with E-state index in [0.29, 0.717) is 12.1 Å². The summed E-state index contributed by atoms with van der Waals surface area (Å²) in [6, 6.07) is 11.5. The van der Waals surface area contributed by atoms with Crippen LogP contribution < -0.4 is 10.4 Å². The summed E-state index contributed by atoms with van der Waals surface area (Å²) in [4.78, 5) is 24.2. The lowest BCUT2D eigenvalue weighted by Gasteiger charge is -2.24. The lowest BCUT2D eigenvalue weighted by atomic mass is 9.86. The zero-order valence-corrected chi connectivity index (χ0v) is 17.0. The van der Waals surface area contributed by atoms with Crippen LogP contribution in [0.5, 0.6) is 0 Å². The van der Waals surface area contributed by atoms with Crippen molar-refractivity contribution in [2.75, 3.05) is 5.32 Å². The molecule has 1 amide bonds. The number of amides is 1. The Morgan fingerprint density at radius 3 is 2.23 bits per heavy atom. The van der Waals surface area contributed by atoms with Crippen molar-refractivity contribution in [3.8, 4) is 0 Å². The van der Waals surface area contributed by atoms with Crippen LogP contribution in [0.1, 0.15) is 29.2 Å². The summed E-state index contributed by atoms with van der Waals surface area (Å²) in [5.74, 6) is -3.16. The third-order valence-corrected chi connectivity index (χ3v) is 5.34. The Hall–Kier alpha value is -2.14. The van der Waals surface area contributed by atoms with E-state index in [2.05, 4.69) is 21.2 Å². The highest BCUT2D eigenvalue weighted by atomic mass is 79.9. The number of benzene rings is 2. The van der Waals surface area contributed by atoms with Gasteiger partial charge in [0.2, 0.25) is 5.91 Å². The van der Waals surface area contributed by atoms with Gasteiger partial charge in [0.05, 0.1) is 5.92 Å². The second-order valence-electron chi connectivity index (χ2n) is 6.87. The molecule has 1 N–H and O–H groups in total. The molecule has 0 spiro atoms. The van der Waals surface area contributed by atoms with Crippen LogP contribution in [0.2, 0.25) is 0 Å². The summed E-state index contributed by atoms with van der Waals surface area (Å²) in [5, 5.41) is 14.3. The predicted octanol–water partition coefficient (Wildman–Crippen LogP) is 3.56. The number of hydrogen-bond acceptors (Lipinski definition) is 3. The average Bonchev–Trinajstić information content (AvgIpc) is 2.54. The number of anilines is 1. The molecular formula is C21H23BrNO3-. The third kappa shape index (κ3) is 5.18. The summed E-state index contributed by atoms with van der Waals surface area (Å²) in [6.07, 6.45) is 0.344. The van der Waals surface area contributed by atoms with Crippen LogP contribution in [0, 0.1) is 32.6 Å². The third-order valence-electron chi connectivity index (χ3n) is 4.49. The molecule has 0 aliphatic rings. The molecule has 2 aromatic rings. The van der Waals surface area contributed by atoms with Crippen LogP contribution in [0.4, 0.5) is 5.69 Å². The van der Waals surface area contributed by atoms with Gasteiger partial charge in [-0.2, -0.15) is 0 Å². The highest BCUT2D eigenvalue weighted by Crippen LogP contribution is 2.24. The molecule has 0 fully saturated rings. The second-order valence-corrected chi connectivity index (χ2v) is 7.72. The first-order valence-corrected chi connectivity index (χ1v) is 9.31. The second kappa shape index (κ2) is 8.49. The molecule has 0 aliphatic carbocycles. The fourth-order valence-electron chi connectivity index (χ4n) is 3.01. The number of aryl methyl sites for hydroxylation is 3. The lowest BCUT2D eigenvalue weighted by molar-refractivity contribution is -0.312. The molecular weight excluding hydrogens is 394 g/mol. The Morgan fingerprint density at radius 2 is 1.69 bits per heavy atom. The van der Waals surface area contributed by atoms with Crippen LogP contribution in [0.25, 0.3) is 0 Å². The van der Waals surface area contributed by atoms with E-state index in [9.17, 15) is 14.7 Å². The van der Waals surface area contributed by atoms with Crippen molar-refractivity contribution in [1.82, 2.24) is 0 Å². The van der Waals surface area contributed by atoms with Gasteiger partial charge in [-0.15, -0.1) is 0 Å². The van der Waals surface area contributed by atoms with Crippen LogP contribution in [-0.2, 0) is 16.0 Å². The van der Waals surface area contributed by atoms with Crippen molar-refractivity contribution in [1.29, 1.82) is 0 Å². The van der Waals surface area contributed by atoms with E-state index in [-0.39, 0.29) is 5.91 Å².